The van der Waals surface area contributed by atoms with Gasteiger partial charge in [0.15, 0.2) is 0 Å². The zero-order chi connectivity index (χ0) is 24.8. The third-order valence-corrected chi connectivity index (χ3v) is 5.66. The number of para-hydroxylation sites is 1. The molecule has 0 saturated heterocycles. The van der Waals surface area contributed by atoms with Crippen molar-refractivity contribution in [2.24, 2.45) is 5.10 Å². The van der Waals surface area contributed by atoms with Crippen molar-refractivity contribution >= 4 is 45.2 Å². The highest BCUT2D eigenvalue weighted by atomic mass is 16.6. The molecule has 2 amide bonds. The number of nitrogens with zero attached hydrogens (tertiary/aromatic N) is 2. The van der Waals surface area contributed by atoms with E-state index in [9.17, 15) is 9.59 Å². The molecule has 35 heavy (non-hydrogen) atoms. The van der Waals surface area contributed by atoms with Gasteiger partial charge in [-0.2, -0.15) is 5.10 Å². The van der Waals surface area contributed by atoms with E-state index in [0.717, 1.165) is 34.1 Å². The molecule has 180 valence electrons. The summed E-state index contributed by atoms with van der Waals surface area (Å²) in [5.41, 5.74) is 6.59. The van der Waals surface area contributed by atoms with Crippen molar-refractivity contribution in [3.8, 4) is 5.75 Å². The van der Waals surface area contributed by atoms with Crippen LogP contribution in [-0.2, 0) is 22.7 Å². The first-order chi connectivity index (χ1) is 17.0. The average molecular weight is 473 g/mol. The number of aromatic nitrogens is 1. The molecule has 1 aromatic heterocycles. The van der Waals surface area contributed by atoms with Crippen LogP contribution in [0, 0.1) is 0 Å². The third-order valence-electron chi connectivity index (χ3n) is 5.66. The highest BCUT2D eigenvalue weighted by Crippen LogP contribution is 2.31. The molecule has 0 aliphatic rings. The topological polar surface area (TPSA) is 94.0 Å². The predicted octanol–water partition coefficient (Wildman–Crippen LogP) is 5.45. The largest absolute Gasteiger partial charge is 0.497 e. The van der Waals surface area contributed by atoms with Crippen LogP contribution in [0.15, 0.2) is 71.8 Å². The normalized spacial score (nSPS) is 11.5. The number of fused-ring (bicyclic) bond motifs is 3. The summed E-state index contributed by atoms with van der Waals surface area (Å²) in [6.45, 7) is 4.75. The van der Waals surface area contributed by atoms with Gasteiger partial charge in [-0.05, 0) is 55.8 Å². The van der Waals surface area contributed by atoms with Gasteiger partial charge in [-0.3, -0.25) is 4.79 Å². The van der Waals surface area contributed by atoms with Gasteiger partial charge in [0.1, 0.15) is 12.4 Å². The molecule has 0 unspecified atom stereocenters. The van der Waals surface area contributed by atoms with Crippen LogP contribution in [0.5, 0.6) is 5.75 Å². The summed E-state index contributed by atoms with van der Waals surface area (Å²) in [5, 5.41) is 9.11. The molecule has 0 spiro atoms. The number of rotatable bonds is 8. The number of benzene rings is 3. The Bertz CT molecular complexity index is 1390. The van der Waals surface area contributed by atoms with Crippen molar-refractivity contribution in [2.75, 3.05) is 12.4 Å². The van der Waals surface area contributed by atoms with Crippen molar-refractivity contribution in [2.45, 2.75) is 33.4 Å². The number of ether oxygens (including phenoxy) is 2. The minimum atomic E-state index is -0.696. The quantitative estimate of drug-likeness (QED) is 0.263. The van der Waals surface area contributed by atoms with Crippen molar-refractivity contribution < 1.29 is 19.1 Å². The zero-order valence-corrected chi connectivity index (χ0v) is 20.0. The van der Waals surface area contributed by atoms with Gasteiger partial charge < -0.3 is 19.4 Å². The Morgan fingerprint density at radius 1 is 0.971 bits per heavy atom. The summed E-state index contributed by atoms with van der Waals surface area (Å²) in [6, 6.07) is 21.3. The molecule has 4 rings (SSSR count). The van der Waals surface area contributed by atoms with Gasteiger partial charge in [0.2, 0.25) is 5.91 Å². The number of nitrogens with one attached hydrogen (secondary N) is 2. The minimum absolute atomic E-state index is 0.0352. The van der Waals surface area contributed by atoms with Crippen molar-refractivity contribution in [1.29, 1.82) is 0 Å². The number of carbonyl (C=O) groups excluding carboxylic acids is 2. The Morgan fingerprint density at radius 3 is 2.46 bits per heavy atom. The summed E-state index contributed by atoms with van der Waals surface area (Å²) < 4.78 is 12.5. The molecule has 8 nitrogen and oxygen atoms in total. The van der Waals surface area contributed by atoms with Crippen molar-refractivity contribution in [3.63, 3.8) is 0 Å². The molecule has 8 heteroatoms. The molecule has 0 radical (unpaired) electrons. The van der Waals surface area contributed by atoms with E-state index in [1.165, 1.54) is 5.52 Å². The number of carbonyl (C=O) groups is 2. The van der Waals surface area contributed by atoms with E-state index in [2.05, 4.69) is 39.5 Å². The summed E-state index contributed by atoms with van der Waals surface area (Å²) >= 11 is 0. The summed E-state index contributed by atoms with van der Waals surface area (Å²) in [7, 11) is 1.59. The second kappa shape index (κ2) is 10.7. The average Bonchev–Trinajstić information content (AvgIpc) is 3.19. The van der Waals surface area contributed by atoms with Gasteiger partial charge in [-0.1, -0.05) is 30.3 Å². The van der Waals surface area contributed by atoms with E-state index in [1.807, 2.05) is 42.5 Å². The van der Waals surface area contributed by atoms with Crippen LogP contribution >= 0.6 is 0 Å². The van der Waals surface area contributed by atoms with E-state index < -0.39 is 6.09 Å². The minimum Gasteiger partial charge on any atom is -0.497 e. The lowest BCUT2D eigenvalue weighted by atomic mass is 10.1. The molecular formula is C27H28N4O4. The molecule has 3 aromatic carbocycles. The molecule has 0 aliphatic carbocycles. The zero-order valence-electron chi connectivity index (χ0n) is 20.0. The molecule has 0 fully saturated rings. The molecule has 0 aliphatic heterocycles. The Hall–Kier alpha value is -4.33. The fourth-order valence-electron chi connectivity index (χ4n) is 3.99. The van der Waals surface area contributed by atoms with Crippen LogP contribution in [-0.4, -0.2) is 29.4 Å². The molecule has 0 saturated carbocycles. The van der Waals surface area contributed by atoms with Gasteiger partial charge >= 0.3 is 6.09 Å². The first-order valence-electron chi connectivity index (χ1n) is 11.4. The van der Waals surface area contributed by atoms with E-state index in [1.54, 1.807) is 26.2 Å². The lowest BCUT2D eigenvalue weighted by Crippen LogP contribution is -2.22. The highest BCUT2D eigenvalue weighted by Gasteiger charge is 2.11. The Balaban J connectivity index is 1.32. The smallest absolute Gasteiger partial charge is 0.428 e. The standard InChI is InChI=1S/C27H28N4O4/c1-4-31-24-8-6-5-7-22(24)23-16-20(11-14-25(23)31)28-26(32)15-18(2)29-30-27(33)35-17-19-9-12-21(34-3)13-10-19/h5-14,16H,4,15,17H2,1-3H3,(H,28,32)(H,30,33)/b29-18-. The van der Waals surface area contributed by atoms with Crippen LogP contribution in [0.2, 0.25) is 0 Å². The van der Waals surface area contributed by atoms with E-state index in [-0.39, 0.29) is 18.9 Å². The molecule has 0 bridgehead atoms. The van der Waals surface area contributed by atoms with Crippen molar-refractivity contribution in [3.05, 3.63) is 72.3 Å². The summed E-state index contributed by atoms with van der Waals surface area (Å²) in [5.74, 6) is 0.502. The fraction of sp³-hybridized carbons (Fsp3) is 0.222. The Labute approximate surface area is 203 Å². The second-order valence-electron chi connectivity index (χ2n) is 8.10. The van der Waals surface area contributed by atoms with Gasteiger partial charge in [0.25, 0.3) is 0 Å². The SMILES string of the molecule is CCn1c2ccccc2c2cc(NC(=O)C/C(C)=N\NC(=O)OCc3ccc(OC)cc3)ccc21. The maximum Gasteiger partial charge on any atom is 0.428 e. The van der Waals surface area contributed by atoms with Crippen LogP contribution in [0.3, 0.4) is 0 Å². The maximum atomic E-state index is 12.5. The van der Waals surface area contributed by atoms with Crippen molar-refractivity contribution in [1.82, 2.24) is 9.99 Å². The summed E-state index contributed by atoms with van der Waals surface area (Å²) in [6.07, 6.45) is -0.661. The Morgan fingerprint density at radius 2 is 1.71 bits per heavy atom. The lowest BCUT2D eigenvalue weighted by Gasteiger charge is -2.08. The number of hydrogen-bond donors (Lipinski definition) is 2. The third kappa shape index (κ3) is 5.60. The van der Waals surface area contributed by atoms with E-state index in [0.29, 0.717) is 11.4 Å². The number of methoxy groups -OCH3 is 1. The van der Waals surface area contributed by atoms with Crippen LogP contribution in [0.25, 0.3) is 21.8 Å². The van der Waals surface area contributed by atoms with E-state index >= 15 is 0 Å². The first kappa shape index (κ1) is 23.8. The number of anilines is 1. The molecule has 1 heterocycles. The number of hydrogen-bond acceptors (Lipinski definition) is 5. The Kier molecular flexibility index (Phi) is 7.30. The molecule has 4 aromatic rings. The van der Waals surface area contributed by atoms with Gasteiger partial charge in [0.05, 0.1) is 13.5 Å². The maximum absolute atomic E-state index is 12.5. The number of hydrazone groups is 1. The van der Waals surface area contributed by atoms with Gasteiger partial charge in [0, 0.05) is 39.7 Å². The fourth-order valence-corrected chi connectivity index (χ4v) is 3.99. The van der Waals surface area contributed by atoms with Gasteiger partial charge in [-0.25, -0.2) is 10.2 Å². The summed E-state index contributed by atoms with van der Waals surface area (Å²) in [4.78, 5) is 24.5. The predicted molar refractivity (Wildman–Crippen MR) is 138 cm³/mol. The van der Waals surface area contributed by atoms with Gasteiger partial charge in [-0.15, -0.1) is 0 Å². The molecule has 2 N–H and O–H groups in total. The first-order valence-corrected chi connectivity index (χ1v) is 11.4. The monoisotopic (exact) mass is 472 g/mol. The highest BCUT2D eigenvalue weighted by molar-refractivity contribution is 6.11. The molecule has 0 atom stereocenters. The lowest BCUT2D eigenvalue weighted by molar-refractivity contribution is -0.115. The number of aryl methyl sites for hydroxylation is 1. The van der Waals surface area contributed by atoms with E-state index in [4.69, 9.17) is 9.47 Å². The van der Waals surface area contributed by atoms with Crippen LogP contribution in [0.4, 0.5) is 10.5 Å². The van der Waals surface area contributed by atoms with Crippen LogP contribution < -0.4 is 15.5 Å². The number of amides is 2. The van der Waals surface area contributed by atoms with Crippen LogP contribution in [0.1, 0.15) is 25.8 Å². The molecular weight excluding hydrogens is 444 g/mol. The second-order valence-corrected chi connectivity index (χ2v) is 8.10.